The van der Waals surface area contributed by atoms with Crippen LogP contribution in [0.2, 0.25) is 0 Å². The number of hydrogen-bond acceptors (Lipinski definition) is 1. The number of para-hydroxylation sites is 1. The molecule has 0 atom stereocenters. The fraction of sp³-hybridized carbons (Fsp3) is 0.385. The smallest absolute Gasteiger partial charge is 0.0381 e. The van der Waals surface area contributed by atoms with Crippen molar-refractivity contribution in [3.05, 3.63) is 42.1 Å². The average Bonchev–Trinajstić information content (AvgIpc) is 2.25. The Hall–Kier alpha value is -1.24. The predicted molar refractivity (Wildman–Crippen MR) is 63.3 cm³/mol. The van der Waals surface area contributed by atoms with E-state index in [0.29, 0.717) is 0 Å². The minimum absolute atomic E-state index is 1.06. The third-order valence-corrected chi connectivity index (χ3v) is 2.14. The second-order valence-corrected chi connectivity index (χ2v) is 3.36. The van der Waals surface area contributed by atoms with Crippen molar-refractivity contribution in [2.75, 3.05) is 5.32 Å². The predicted octanol–water partition coefficient (Wildman–Crippen LogP) is 4.19. The summed E-state index contributed by atoms with van der Waals surface area (Å²) in [6.07, 6.45) is 5.71. The number of allylic oxidation sites excluding steroid dienone is 2. The Bertz CT molecular complexity index is 275. The standard InChI is InChI=1S/C13H19N/c1-3-5-9-12(4-2)14-13-10-7-6-8-11-13/h6-11,14H,3-5H2,1-2H3/b12-9+. The molecule has 0 spiro atoms. The molecule has 0 aliphatic heterocycles. The zero-order valence-corrected chi connectivity index (χ0v) is 9.09. The fourth-order valence-electron chi connectivity index (χ4n) is 1.31. The van der Waals surface area contributed by atoms with Gasteiger partial charge in [-0.2, -0.15) is 0 Å². The highest BCUT2D eigenvalue weighted by Crippen LogP contribution is 2.11. The van der Waals surface area contributed by atoms with Crippen molar-refractivity contribution in [1.29, 1.82) is 0 Å². The van der Waals surface area contributed by atoms with E-state index in [1.165, 1.54) is 17.8 Å². The normalized spacial score (nSPS) is 11.4. The van der Waals surface area contributed by atoms with Crippen molar-refractivity contribution >= 4 is 5.69 Å². The largest absolute Gasteiger partial charge is 0.359 e. The van der Waals surface area contributed by atoms with Crippen molar-refractivity contribution < 1.29 is 0 Å². The van der Waals surface area contributed by atoms with Gasteiger partial charge in [-0.3, -0.25) is 0 Å². The Morgan fingerprint density at radius 2 is 1.93 bits per heavy atom. The minimum Gasteiger partial charge on any atom is -0.359 e. The van der Waals surface area contributed by atoms with Crippen LogP contribution in [0.4, 0.5) is 5.69 Å². The van der Waals surface area contributed by atoms with Crippen LogP contribution in [0.1, 0.15) is 33.1 Å². The molecule has 0 saturated heterocycles. The lowest BCUT2D eigenvalue weighted by Gasteiger charge is -2.08. The van der Waals surface area contributed by atoms with Gasteiger partial charge in [0.1, 0.15) is 0 Å². The molecule has 0 aliphatic rings. The SMILES string of the molecule is CCC/C=C(\CC)Nc1ccccc1. The lowest BCUT2D eigenvalue weighted by atomic mass is 10.2. The number of hydrogen-bond donors (Lipinski definition) is 1. The van der Waals surface area contributed by atoms with Crippen LogP contribution in [0.5, 0.6) is 0 Å². The van der Waals surface area contributed by atoms with E-state index in [-0.39, 0.29) is 0 Å². The van der Waals surface area contributed by atoms with E-state index in [0.717, 1.165) is 12.8 Å². The molecule has 76 valence electrons. The summed E-state index contributed by atoms with van der Waals surface area (Å²) in [5.41, 5.74) is 2.50. The van der Waals surface area contributed by atoms with Gasteiger partial charge in [0, 0.05) is 11.4 Å². The van der Waals surface area contributed by atoms with E-state index < -0.39 is 0 Å². The molecule has 0 heterocycles. The molecule has 1 aromatic carbocycles. The highest BCUT2D eigenvalue weighted by atomic mass is 14.9. The molecule has 0 aliphatic carbocycles. The van der Waals surface area contributed by atoms with Crippen LogP contribution in [0, 0.1) is 0 Å². The Morgan fingerprint density at radius 1 is 1.21 bits per heavy atom. The van der Waals surface area contributed by atoms with E-state index in [4.69, 9.17) is 0 Å². The van der Waals surface area contributed by atoms with Gasteiger partial charge in [-0.05, 0) is 25.0 Å². The summed E-state index contributed by atoms with van der Waals surface area (Å²) in [6, 6.07) is 10.3. The Labute approximate surface area is 86.8 Å². The number of rotatable bonds is 5. The van der Waals surface area contributed by atoms with Gasteiger partial charge in [0.15, 0.2) is 0 Å². The number of unbranched alkanes of at least 4 members (excludes halogenated alkanes) is 1. The van der Waals surface area contributed by atoms with Crippen LogP contribution in [-0.2, 0) is 0 Å². The topological polar surface area (TPSA) is 12.0 Å². The van der Waals surface area contributed by atoms with Crippen molar-refractivity contribution in [1.82, 2.24) is 0 Å². The summed E-state index contributed by atoms with van der Waals surface area (Å²) in [4.78, 5) is 0. The highest BCUT2D eigenvalue weighted by Gasteiger charge is 1.93. The van der Waals surface area contributed by atoms with E-state index in [1.54, 1.807) is 0 Å². The summed E-state index contributed by atoms with van der Waals surface area (Å²) < 4.78 is 0. The second kappa shape index (κ2) is 6.25. The molecular formula is C13H19N. The summed E-state index contributed by atoms with van der Waals surface area (Å²) in [5, 5.41) is 3.42. The van der Waals surface area contributed by atoms with Gasteiger partial charge in [-0.25, -0.2) is 0 Å². The van der Waals surface area contributed by atoms with Crippen molar-refractivity contribution in [3.8, 4) is 0 Å². The van der Waals surface area contributed by atoms with Crippen LogP contribution in [0.15, 0.2) is 42.1 Å². The van der Waals surface area contributed by atoms with E-state index in [1.807, 2.05) is 6.07 Å². The minimum atomic E-state index is 1.06. The molecule has 1 nitrogen and oxygen atoms in total. The summed E-state index contributed by atoms with van der Waals surface area (Å²) in [7, 11) is 0. The van der Waals surface area contributed by atoms with Gasteiger partial charge in [-0.15, -0.1) is 0 Å². The maximum absolute atomic E-state index is 3.42. The first-order valence-electron chi connectivity index (χ1n) is 5.38. The highest BCUT2D eigenvalue weighted by molar-refractivity contribution is 5.47. The van der Waals surface area contributed by atoms with Gasteiger partial charge in [0.25, 0.3) is 0 Å². The first-order chi connectivity index (χ1) is 6.86. The van der Waals surface area contributed by atoms with E-state index in [2.05, 4.69) is 49.5 Å². The molecule has 1 N–H and O–H groups in total. The van der Waals surface area contributed by atoms with Crippen molar-refractivity contribution in [3.63, 3.8) is 0 Å². The number of nitrogens with one attached hydrogen (secondary N) is 1. The summed E-state index contributed by atoms with van der Waals surface area (Å²) >= 11 is 0. The molecule has 1 rings (SSSR count). The Kier molecular flexibility index (Phi) is 4.84. The molecule has 0 aromatic heterocycles. The zero-order chi connectivity index (χ0) is 10.2. The molecule has 0 bridgehead atoms. The van der Waals surface area contributed by atoms with Gasteiger partial charge >= 0.3 is 0 Å². The molecule has 0 fully saturated rings. The summed E-state index contributed by atoms with van der Waals surface area (Å²) in [5.74, 6) is 0. The quantitative estimate of drug-likeness (QED) is 0.732. The molecule has 1 aromatic rings. The molecule has 1 heteroatoms. The van der Waals surface area contributed by atoms with E-state index >= 15 is 0 Å². The number of benzene rings is 1. The van der Waals surface area contributed by atoms with Crippen LogP contribution in [0.3, 0.4) is 0 Å². The van der Waals surface area contributed by atoms with Gasteiger partial charge in [0.05, 0.1) is 0 Å². The fourth-order valence-corrected chi connectivity index (χ4v) is 1.31. The Morgan fingerprint density at radius 3 is 2.50 bits per heavy atom. The first kappa shape index (κ1) is 10.8. The van der Waals surface area contributed by atoms with Crippen LogP contribution in [-0.4, -0.2) is 0 Å². The molecule has 0 unspecified atom stereocenters. The maximum atomic E-state index is 3.42. The molecule has 0 amide bonds. The van der Waals surface area contributed by atoms with Crippen LogP contribution in [0.25, 0.3) is 0 Å². The lowest BCUT2D eigenvalue weighted by Crippen LogP contribution is -1.97. The third kappa shape index (κ3) is 3.65. The van der Waals surface area contributed by atoms with Crippen LogP contribution >= 0.6 is 0 Å². The third-order valence-electron chi connectivity index (χ3n) is 2.14. The van der Waals surface area contributed by atoms with Gasteiger partial charge in [0.2, 0.25) is 0 Å². The first-order valence-corrected chi connectivity index (χ1v) is 5.38. The maximum Gasteiger partial charge on any atom is 0.0381 e. The van der Waals surface area contributed by atoms with Crippen LogP contribution < -0.4 is 5.32 Å². The lowest BCUT2D eigenvalue weighted by molar-refractivity contribution is 0.935. The van der Waals surface area contributed by atoms with Crippen molar-refractivity contribution in [2.24, 2.45) is 0 Å². The second-order valence-electron chi connectivity index (χ2n) is 3.36. The zero-order valence-electron chi connectivity index (χ0n) is 9.09. The molecule has 14 heavy (non-hydrogen) atoms. The number of anilines is 1. The molecular weight excluding hydrogens is 170 g/mol. The molecule has 0 radical (unpaired) electrons. The monoisotopic (exact) mass is 189 g/mol. The summed E-state index contributed by atoms with van der Waals surface area (Å²) in [6.45, 7) is 4.38. The molecule has 0 saturated carbocycles. The van der Waals surface area contributed by atoms with E-state index in [9.17, 15) is 0 Å². The van der Waals surface area contributed by atoms with Gasteiger partial charge in [-0.1, -0.05) is 44.5 Å². The Balaban J connectivity index is 2.57. The average molecular weight is 189 g/mol. The van der Waals surface area contributed by atoms with Gasteiger partial charge < -0.3 is 5.32 Å². The van der Waals surface area contributed by atoms with Crippen molar-refractivity contribution in [2.45, 2.75) is 33.1 Å².